The van der Waals surface area contributed by atoms with Gasteiger partial charge in [0.25, 0.3) is 5.91 Å². The van der Waals surface area contributed by atoms with Gasteiger partial charge in [0.05, 0.1) is 6.54 Å². The number of hydrogen-bond donors (Lipinski definition) is 0. The molecule has 0 radical (unpaired) electrons. The Morgan fingerprint density at radius 1 is 1.15 bits per heavy atom. The molecule has 0 fully saturated rings. The lowest BCUT2D eigenvalue weighted by Crippen LogP contribution is -2.27. The zero-order valence-corrected chi connectivity index (χ0v) is 14.0. The van der Waals surface area contributed by atoms with Crippen LogP contribution in [-0.4, -0.2) is 27.4 Å². The number of alkyl halides is 2. The van der Waals surface area contributed by atoms with Crippen LogP contribution in [0.4, 0.5) is 8.78 Å². The Kier molecular flexibility index (Phi) is 5.26. The van der Waals surface area contributed by atoms with Crippen molar-refractivity contribution in [2.24, 2.45) is 0 Å². The van der Waals surface area contributed by atoms with Crippen LogP contribution in [0, 0.1) is 0 Å². The molecular weight excluding hydrogens is 340 g/mol. The number of imidazole rings is 1. The van der Waals surface area contributed by atoms with Gasteiger partial charge in [0, 0.05) is 25.0 Å². The molecule has 1 aromatic heterocycles. The van der Waals surface area contributed by atoms with Crippen LogP contribution < -0.4 is 4.74 Å². The molecule has 0 bridgehead atoms. The van der Waals surface area contributed by atoms with E-state index in [-0.39, 0.29) is 18.3 Å². The maximum absolute atomic E-state index is 12.9. The topological polar surface area (TPSA) is 47.4 Å². The molecule has 3 rings (SSSR count). The average Bonchev–Trinajstić information content (AvgIpc) is 3.10. The summed E-state index contributed by atoms with van der Waals surface area (Å²) in [7, 11) is 1.54. The Morgan fingerprint density at radius 2 is 1.88 bits per heavy atom. The highest BCUT2D eigenvalue weighted by Crippen LogP contribution is 2.22. The molecule has 1 amide bonds. The van der Waals surface area contributed by atoms with Gasteiger partial charge in [-0.3, -0.25) is 9.36 Å². The van der Waals surface area contributed by atoms with E-state index >= 15 is 0 Å². The first-order valence-corrected chi connectivity index (χ1v) is 7.93. The zero-order chi connectivity index (χ0) is 18.5. The fourth-order valence-corrected chi connectivity index (χ4v) is 2.47. The van der Waals surface area contributed by atoms with Gasteiger partial charge in [-0.15, -0.1) is 0 Å². The first-order chi connectivity index (χ1) is 12.5. The van der Waals surface area contributed by atoms with Gasteiger partial charge in [-0.1, -0.05) is 24.3 Å². The zero-order valence-electron chi connectivity index (χ0n) is 14.0. The highest BCUT2D eigenvalue weighted by molar-refractivity contribution is 5.94. The Labute approximate surface area is 149 Å². The Balaban J connectivity index is 1.73. The lowest BCUT2D eigenvalue weighted by atomic mass is 10.2. The number of halogens is 2. The number of para-hydroxylation sites is 1. The van der Waals surface area contributed by atoms with E-state index in [9.17, 15) is 13.6 Å². The van der Waals surface area contributed by atoms with Crippen molar-refractivity contribution in [3.8, 4) is 11.5 Å². The summed E-state index contributed by atoms with van der Waals surface area (Å²) >= 11 is 0. The largest absolute Gasteiger partial charge is 0.457 e. The predicted molar refractivity (Wildman–Crippen MR) is 92.2 cm³/mol. The smallest absolute Gasteiger partial charge is 0.319 e. The van der Waals surface area contributed by atoms with Gasteiger partial charge in [0.15, 0.2) is 0 Å². The van der Waals surface area contributed by atoms with Crippen LogP contribution in [0.1, 0.15) is 22.7 Å². The first-order valence-electron chi connectivity index (χ1n) is 7.93. The molecule has 26 heavy (non-hydrogen) atoms. The molecule has 0 spiro atoms. The van der Waals surface area contributed by atoms with Crippen LogP contribution in [-0.2, 0) is 6.54 Å². The van der Waals surface area contributed by atoms with Gasteiger partial charge < -0.3 is 9.64 Å². The fraction of sp³-hybridized carbons (Fsp3) is 0.158. The maximum Gasteiger partial charge on any atom is 0.319 e. The minimum absolute atomic E-state index is 0.0278. The number of hydrogen-bond acceptors (Lipinski definition) is 3. The van der Waals surface area contributed by atoms with E-state index in [2.05, 4.69) is 4.98 Å². The van der Waals surface area contributed by atoms with Crippen molar-refractivity contribution in [2.45, 2.75) is 13.1 Å². The number of rotatable bonds is 6. The molecule has 7 heteroatoms. The molecule has 0 aliphatic heterocycles. The molecule has 2 aromatic carbocycles. The molecule has 0 unspecified atom stereocenters. The maximum atomic E-state index is 12.9. The van der Waals surface area contributed by atoms with E-state index in [0.29, 0.717) is 17.1 Å². The lowest BCUT2D eigenvalue weighted by molar-refractivity contribution is 0.0612. The second-order valence-corrected chi connectivity index (χ2v) is 5.63. The Morgan fingerprint density at radius 3 is 2.62 bits per heavy atom. The molecule has 0 saturated heterocycles. The lowest BCUT2D eigenvalue weighted by Gasteiger charge is -2.18. The number of aromatic nitrogens is 2. The second-order valence-electron chi connectivity index (χ2n) is 5.63. The Bertz CT molecular complexity index is 881. The third kappa shape index (κ3) is 4.05. The number of ether oxygens (including phenoxy) is 1. The molecule has 0 aliphatic carbocycles. The summed E-state index contributed by atoms with van der Waals surface area (Å²) in [6.07, 6.45) is 2.47. The average molecular weight is 357 g/mol. The van der Waals surface area contributed by atoms with Gasteiger partial charge in [-0.25, -0.2) is 4.98 Å². The van der Waals surface area contributed by atoms with Crippen LogP contribution in [0.25, 0.3) is 0 Å². The first kappa shape index (κ1) is 17.6. The standard InChI is InChI=1S/C19H17F2N3O2/c1-23(13-17-22-10-11-24(17)19(20)21)18(25)14-6-5-9-16(12-14)26-15-7-3-2-4-8-15/h2-12,19H,13H2,1H3. The number of nitrogens with zero attached hydrogens (tertiary/aromatic N) is 3. The summed E-state index contributed by atoms with van der Waals surface area (Å²) in [5.74, 6) is 0.980. The molecule has 5 nitrogen and oxygen atoms in total. The Hall–Kier alpha value is -3.22. The molecule has 0 saturated carbocycles. The van der Waals surface area contributed by atoms with E-state index in [1.807, 2.05) is 30.3 Å². The highest BCUT2D eigenvalue weighted by atomic mass is 19.3. The highest BCUT2D eigenvalue weighted by Gasteiger charge is 2.17. The minimum atomic E-state index is -2.70. The molecule has 3 aromatic rings. The van der Waals surface area contributed by atoms with E-state index < -0.39 is 6.55 Å². The third-order valence-electron chi connectivity index (χ3n) is 3.74. The summed E-state index contributed by atoms with van der Waals surface area (Å²) in [5.41, 5.74) is 0.399. The van der Waals surface area contributed by atoms with Crippen LogP contribution in [0.5, 0.6) is 11.5 Å². The molecule has 0 N–H and O–H groups in total. The van der Waals surface area contributed by atoms with Gasteiger partial charge >= 0.3 is 6.55 Å². The summed E-state index contributed by atoms with van der Waals surface area (Å²) in [6.45, 7) is -2.72. The summed E-state index contributed by atoms with van der Waals surface area (Å²) in [5, 5.41) is 0. The van der Waals surface area contributed by atoms with E-state index in [4.69, 9.17) is 4.74 Å². The molecule has 1 heterocycles. The van der Waals surface area contributed by atoms with Crippen molar-refractivity contribution in [3.63, 3.8) is 0 Å². The normalized spacial score (nSPS) is 10.8. The fourth-order valence-electron chi connectivity index (χ4n) is 2.47. The van der Waals surface area contributed by atoms with Gasteiger partial charge in [0.2, 0.25) is 0 Å². The number of amides is 1. The van der Waals surface area contributed by atoms with Crippen molar-refractivity contribution >= 4 is 5.91 Å². The van der Waals surface area contributed by atoms with Gasteiger partial charge in [-0.2, -0.15) is 8.78 Å². The second kappa shape index (κ2) is 7.77. The summed E-state index contributed by atoms with van der Waals surface area (Å²) in [6, 6.07) is 15.9. The van der Waals surface area contributed by atoms with Gasteiger partial charge in [-0.05, 0) is 30.3 Å². The van der Waals surface area contributed by atoms with E-state index in [0.717, 1.165) is 4.57 Å². The third-order valence-corrected chi connectivity index (χ3v) is 3.74. The minimum Gasteiger partial charge on any atom is -0.457 e. The van der Waals surface area contributed by atoms with Crippen molar-refractivity contribution in [1.29, 1.82) is 0 Å². The predicted octanol–water partition coefficient (Wildman–Crippen LogP) is 4.34. The van der Waals surface area contributed by atoms with Crippen LogP contribution in [0.3, 0.4) is 0 Å². The van der Waals surface area contributed by atoms with Crippen LogP contribution in [0.2, 0.25) is 0 Å². The summed E-state index contributed by atoms with van der Waals surface area (Å²) in [4.78, 5) is 17.8. The summed E-state index contributed by atoms with van der Waals surface area (Å²) < 4.78 is 32.3. The SMILES string of the molecule is CN(Cc1nccn1C(F)F)C(=O)c1cccc(Oc2ccccc2)c1. The molecule has 134 valence electrons. The van der Waals surface area contributed by atoms with Crippen LogP contribution in [0.15, 0.2) is 67.0 Å². The van der Waals surface area contributed by atoms with Crippen molar-refractivity contribution in [2.75, 3.05) is 7.05 Å². The van der Waals surface area contributed by atoms with Crippen molar-refractivity contribution < 1.29 is 18.3 Å². The molecule has 0 aliphatic rings. The van der Waals surface area contributed by atoms with Crippen molar-refractivity contribution in [3.05, 3.63) is 78.4 Å². The van der Waals surface area contributed by atoms with Crippen molar-refractivity contribution in [1.82, 2.24) is 14.5 Å². The van der Waals surface area contributed by atoms with Crippen LogP contribution >= 0.6 is 0 Å². The quantitative estimate of drug-likeness (QED) is 0.659. The molecule has 0 atom stereocenters. The monoisotopic (exact) mass is 357 g/mol. The number of benzene rings is 2. The van der Waals surface area contributed by atoms with E-state index in [1.165, 1.54) is 24.3 Å². The van der Waals surface area contributed by atoms with E-state index in [1.54, 1.807) is 24.3 Å². The molecular formula is C19H17F2N3O2. The number of carbonyl (C=O) groups excluding carboxylic acids is 1. The number of carbonyl (C=O) groups is 1. The van der Waals surface area contributed by atoms with Gasteiger partial charge in [0.1, 0.15) is 17.3 Å².